The quantitative estimate of drug-likeness (QED) is 0.433. The number of rotatable bonds is 7. The van der Waals surface area contributed by atoms with Crippen LogP contribution >= 0.6 is 7.82 Å². The molecular formula is C13H20NO4P. The van der Waals surface area contributed by atoms with Gasteiger partial charge in [-0.1, -0.05) is 35.0 Å². The minimum absolute atomic E-state index is 0.232. The highest BCUT2D eigenvalue weighted by molar-refractivity contribution is 7.48. The number of aryl methyl sites for hydroxylation is 1. The summed E-state index contributed by atoms with van der Waals surface area (Å²) in [6, 6.07) is 7.78. The highest BCUT2D eigenvalue weighted by Crippen LogP contribution is 2.49. The van der Waals surface area contributed by atoms with E-state index in [0.717, 1.165) is 11.1 Å². The summed E-state index contributed by atoms with van der Waals surface area (Å²) in [6.45, 7) is 7.66. The Bertz CT molecular complexity index is 477. The van der Waals surface area contributed by atoms with Gasteiger partial charge in [-0.25, -0.2) is 4.57 Å². The van der Waals surface area contributed by atoms with E-state index in [2.05, 4.69) is 5.16 Å². The van der Waals surface area contributed by atoms with Gasteiger partial charge >= 0.3 is 7.82 Å². The van der Waals surface area contributed by atoms with Crippen LogP contribution in [-0.2, 0) is 18.2 Å². The summed E-state index contributed by atoms with van der Waals surface area (Å²) >= 11 is 0. The second-order valence-corrected chi connectivity index (χ2v) is 5.48. The minimum Gasteiger partial charge on any atom is -0.292 e. The summed E-state index contributed by atoms with van der Waals surface area (Å²) in [6.07, 6.45) is 0. The summed E-state index contributed by atoms with van der Waals surface area (Å²) in [4.78, 5) is 0. The topological polar surface area (TPSA) is 57.1 Å². The van der Waals surface area contributed by atoms with Gasteiger partial charge in [0.25, 0.3) is 0 Å². The maximum Gasteiger partial charge on any atom is 0.550 e. The van der Waals surface area contributed by atoms with Crippen LogP contribution in [0.2, 0.25) is 0 Å². The van der Waals surface area contributed by atoms with Crippen molar-refractivity contribution >= 4 is 13.5 Å². The second kappa shape index (κ2) is 7.43. The summed E-state index contributed by atoms with van der Waals surface area (Å²) < 4.78 is 27.0. The van der Waals surface area contributed by atoms with Crippen LogP contribution in [0.3, 0.4) is 0 Å². The monoisotopic (exact) mass is 285 g/mol. The molecule has 19 heavy (non-hydrogen) atoms. The maximum absolute atomic E-state index is 12.0. The first-order valence-corrected chi connectivity index (χ1v) is 7.66. The molecule has 0 aliphatic carbocycles. The number of phosphoric ester groups is 1. The van der Waals surface area contributed by atoms with Crippen LogP contribution in [0.5, 0.6) is 0 Å². The van der Waals surface area contributed by atoms with Crippen molar-refractivity contribution in [1.82, 2.24) is 0 Å². The number of phosphoric acid groups is 1. The molecule has 0 radical (unpaired) electrons. The second-order valence-electron chi connectivity index (χ2n) is 3.91. The van der Waals surface area contributed by atoms with Crippen molar-refractivity contribution in [2.75, 3.05) is 13.2 Å². The Kier molecular flexibility index (Phi) is 6.22. The van der Waals surface area contributed by atoms with Crippen molar-refractivity contribution in [3.8, 4) is 0 Å². The van der Waals surface area contributed by atoms with E-state index in [1.807, 2.05) is 31.2 Å². The zero-order valence-corrected chi connectivity index (χ0v) is 12.6. The molecule has 0 unspecified atom stereocenters. The van der Waals surface area contributed by atoms with Crippen molar-refractivity contribution in [1.29, 1.82) is 0 Å². The van der Waals surface area contributed by atoms with Gasteiger partial charge in [0.15, 0.2) is 0 Å². The fourth-order valence-corrected chi connectivity index (χ4v) is 2.46. The number of oxime groups is 1. The first-order chi connectivity index (χ1) is 9.00. The molecular weight excluding hydrogens is 265 g/mol. The Morgan fingerprint density at radius 2 is 1.89 bits per heavy atom. The lowest BCUT2D eigenvalue weighted by Crippen LogP contribution is -2.00. The zero-order valence-electron chi connectivity index (χ0n) is 11.8. The maximum atomic E-state index is 12.0. The number of nitrogens with zero attached hydrogens (tertiary/aromatic N) is 1. The van der Waals surface area contributed by atoms with Gasteiger partial charge in [0.1, 0.15) is 0 Å². The standard InChI is InChI=1S/C13H20NO4P/c1-5-16-19(15,17-6-2)18-14-12(4)13-9-7-8-11(3)10-13/h7-10H,5-6H2,1-4H3/b14-12-. The number of benzene rings is 1. The number of hydrogen-bond acceptors (Lipinski definition) is 5. The third kappa shape index (κ3) is 5.15. The summed E-state index contributed by atoms with van der Waals surface area (Å²) in [5.74, 6) is 0. The first-order valence-electron chi connectivity index (χ1n) is 6.20. The van der Waals surface area contributed by atoms with Crippen LogP contribution in [0.4, 0.5) is 0 Å². The molecule has 0 aliphatic heterocycles. The predicted molar refractivity (Wildman–Crippen MR) is 75.3 cm³/mol. The van der Waals surface area contributed by atoms with Crippen molar-refractivity contribution in [2.45, 2.75) is 27.7 Å². The van der Waals surface area contributed by atoms with Gasteiger partial charge in [0, 0.05) is 0 Å². The van der Waals surface area contributed by atoms with E-state index in [0.29, 0.717) is 5.71 Å². The van der Waals surface area contributed by atoms with Gasteiger partial charge in [-0.3, -0.25) is 13.7 Å². The van der Waals surface area contributed by atoms with Crippen LogP contribution in [0, 0.1) is 6.92 Å². The summed E-state index contributed by atoms with van der Waals surface area (Å²) in [5, 5.41) is 3.85. The summed E-state index contributed by atoms with van der Waals surface area (Å²) in [7, 11) is -3.59. The molecule has 106 valence electrons. The molecule has 0 saturated heterocycles. The van der Waals surface area contributed by atoms with E-state index in [-0.39, 0.29) is 13.2 Å². The first kappa shape index (κ1) is 15.9. The van der Waals surface area contributed by atoms with E-state index in [1.54, 1.807) is 20.8 Å². The molecule has 5 nitrogen and oxygen atoms in total. The lowest BCUT2D eigenvalue weighted by Gasteiger charge is -2.13. The lowest BCUT2D eigenvalue weighted by molar-refractivity contribution is 0.125. The normalized spacial score (nSPS) is 12.5. The molecule has 1 rings (SSSR count). The van der Waals surface area contributed by atoms with Gasteiger partial charge in [-0.2, -0.15) is 0 Å². The zero-order chi connectivity index (χ0) is 14.3. The molecule has 0 spiro atoms. The molecule has 0 bridgehead atoms. The van der Waals surface area contributed by atoms with Crippen LogP contribution < -0.4 is 0 Å². The van der Waals surface area contributed by atoms with Crippen LogP contribution in [0.25, 0.3) is 0 Å². The molecule has 0 atom stereocenters. The Hall–Kier alpha value is -1.16. The van der Waals surface area contributed by atoms with Crippen molar-refractivity contribution in [3.05, 3.63) is 35.4 Å². The van der Waals surface area contributed by atoms with Crippen LogP contribution in [0.1, 0.15) is 31.9 Å². The average molecular weight is 285 g/mol. The van der Waals surface area contributed by atoms with Crippen molar-refractivity contribution < 1.29 is 18.2 Å². The predicted octanol–water partition coefficient (Wildman–Crippen LogP) is 3.92. The van der Waals surface area contributed by atoms with Gasteiger partial charge in [-0.15, -0.1) is 0 Å². The lowest BCUT2D eigenvalue weighted by atomic mass is 10.1. The summed E-state index contributed by atoms with van der Waals surface area (Å²) in [5.41, 5.74) is 2.63. The van der Waals surface area contributed by atoms with E-state index in [4.69, 9.17) is 13.7 Å². The third-order valence-electron chi connectivity index (χ3n) is 2.29. The highest BCUT2D eigenvalue weighted by atomic mass is 31.2. The smallest absolute Gasteiger partial charge is 0.292 e. The molecule has 0 heterocycles. The Balaban J connectivity index is 2.81. The molecule has 1 aromatic rings. The average Bonchev–Trinajstić information content (AvgIpc) is 2.37. The fraction of sp³-hybridized carbons (Fsp3) is 0.462. The van der Waals surface area contributed by atoms with E-state index in [9.17, 15) is 4.57 Å². The molecule has 0 fully saturated rings. The van der Waals surface area contributed by atoms with Gasteiger partial charge in [-0.05, 0) is 33.3 Å². The van der Waals surface area contributed by atoms with Crippen LogP contribution in [-0.4, -0.2) is 18.9 Å². The SMILES string of the molecule is CCOP(=O)(OCC)O/N=C(/C)c1cccc(C)c1. The molecule has 1 aromatic carbocycles. The third-order valence-corrected chi connectivity index (χ3v) is 3.72. The van der Waals surface area contributed by atoms with Crippen molar-refractivity contribution in [2.24, 2.45) is 5.16 Å². The molecule has 6 heteroatoms. The van der Waals surface area contributed by atoms with Crippen LogP contribution in [0.15, 0.2) is 29.4 Å². The van der Waals surface area contributed by atoms with E-state index < -0.39 is 7.82 Å². The molecule has 0 amide bonds. The highest BCUT2D eigenvalue weighted by Gasteiger charge is 2.27. The van der Waals surface area contributed by atoms with E-state index >= 15 is 0 Å². The largest absolute Gasteiger partial charge is 0.550 e. The van der Waals surface area contributed by atoms with Gasteiger partial charge in [0.2, 0.25) is 0 Å². The van der Waals surface area contributed by atoms with E-state index in [1.165, 1.54) is 0 Å². The minimum atomic E-state index is -3.59. The fourth-order valence-electron chi connectivity index (χ4n) is 1.43. The Morgan fingerprint density at radius 3 is 2.42 bits per heavy atom. The molecule has 0 aliphatic rings. The van der Waals surface area contributed by atoms with Crippen molar-refractivity contribution in [3.63, 3.8) is 0 Å². The Morgan fingerprint density at radius 1 is 1.26 bits per heavy atom. The Labute approximate surface area is 114 Å². The molecule has 0 N–H and O–H groups in total. The molecule has 0 aromatic heterocycles. The number of hydrogen-bond donors (Lipinski definition) is 0. The van der Waals surface area contributed by atoms with Gasteiger partial charge in [0.05, 0.1) is 18.9 Å². The molecule has 0 saturated carbocycles. The van der Waals surface area contributed by atoms with Gasteiger partial charge < -0.3 is 0 Å².